The van der Waals surface area contributed by atoms with E-state index in [4.69, 9.17) is 15.2 Å². The molecule has 1 saturated heterocycles. The first kappa shape index (κ1) is 20.7. The molecule has 0 bridgehead atoms. The lowest BCUT2D eigenvalue weighted by atomic mass is 10.1. The average molecular weight is 397 g/mol. The number of amides is 2. The minimum atomic E-state index is -0.581. The molecular formula is C22H27N3O4. The number of benzene rings is 2. The van der Waals surface area contributed by atoms with Crippen molar-refractivity contribution in [2.45, 2.75) is 12.5 Å². The van der Waals surface area contributed by atoms with Crippen LogP contribution in [0.5, 0.6) is 11.5 Å². The van der Waals surface area contributed by atoms with Gasteiger partial charge in [-0.25, -0.2) is 0 Å². The Labute approximate surface area is 171 Å². The molecule has 154 valence electrons. The first-order chi connectivity index (χ1) is 14.0. The van der Waals surface area contributed by atoms with E-state index in [0.29, 0.717) is 49.7 Å². The highest BCUT2D eigenvalue weighted by Crippen LogP contribution is 2.24. The number of nitrogens with two attached hydrogens (primary N) is 1. The maximum atomic E-state index is 12.9. The van der Waals surface area contributed by atoms with E-state index in [0.717, 1.165) is 5.56 Å². The Morgan fingerprint density at radius 2 is 1.48 bits per heavy atom. The van der Waals surface area contributed by atoms with Gasteiger partial charge in [0.25, 0.3) is 5.91 Å². The number of nitrogens with zero attached hydrogens (tertiary/aromatic N) is 2. The number of carbonyl (C=O) groups is 2. The second kappa shape index (κ2) is 9.43. The van der Waals surface area contributed by atoms with Gasteiger partial charge < -0.3 is 25.0 Å². The van der Waals surface area contributed by atoms with Gasteiger partial charge in [0, 0.05) is 37.8 Å². The van der Waals surface area contributed by atoms with Crippen LogP contribution in [-0.2, 0) is 11.2 Å². The Balaban J connectivity index is 1.58. The fraction of sp³-hybridized carbons (Fsp3) is 0.364. The van der Waals surface area contributed by atoms with Crippen LogP contribution in [0, 0.1) is 0 Å². The van der Waals surface area contributed by atoms with E-state index >= 15 is 0 Å². The molecule has 0 spiro atoms. The zero-order valence-corrected chi connectivity index (χ0v) is 16.8. The number of rotatable bonds is 6. The molecule has 2 aromatic rings. The Hall–Kier alpha value is -3.06. The number of hydrogen-bond acceptors (Lipinski definition) is 5. The summed E-state index contributed by atoms with van der Waals surface area (Å²) >= 11 is 0. The highest BCUT2D eigenvalue weighted by Gasteiger charge is 2.28. The zero-order chi connectivity index (χ0) is 20.8. The van der Waals surface area contributed by atoms with Gasteiger partial charge in [0.2, 0.25) is 5.91 Å². The molecule has 1 aliphatic heterocycles. The van der Waals surface area contributed by atoms with Crippen molar-refractivity contribution in [1.29, 1.82) is 0 Å². The number of hydrogen-bond donors (Lipinski definition) is 1. The Morgan fingerprint density at radius 3 is 2.03 bits per heavy atom. The number of piperazine rings is 1. The highest BCUT2D eigenvalue weighted by molar-refractivity contribution is 5.95. The van der Waals surface area contributed by atoms with E-state index < -0.39 is 6.04 Å². The Bertz CT molecular complexity index is 826. The molecule has 2 aromatic carbocycles. The van der Waals surface area contributed by atoms with Crippen LogP contribution in [0.15, 0.2) is 48.5 Å². The van der Waals surface area contributed by atoms with Gasteiger partial charge in [-0.15, -0.1) is 0 Å². The molecule has 0 aliphatic carbocycles. The molecule has 1 unspecified atom stereocenters. The standard InChI is InChI=1S/C22H27N3O4/c1-28-18-13-17(14-19(15-18)29-2)21(26)24-8-10-25(11-9-24)22(27)20(23)12-16-6-4-3-5-7-16/h3-7,13-15,20H,8-12,23H2,1-2H3. The lowest BCUT2D eigenvalue weighted by molar-refractivity contribution is -0.134. The van der Waals surface area contributed by atoms with Crippen molar-refractivity contribution in [3.63, 3.8) is 0 Å². The fourth-order valence-corrected chi connectivity index (χ4v) is 3.43. The molecule has 29 heavy (non-hydrogen) atoms. The number of carbonyl (C=O) groups excluding carboxylic acids is 2. The molecular weight excluding hydrogens is 370 g/mol. The summed E-state index contributed by atoms with van der Waals surface area (Å²) in [6.45, 7) is 1.85. The lowest BCUT2D eigenvalue weighted by Crippen LogP contribution is -2.54. The number of ether oxygens (including phenoxy) is 2. The van der Waals surface area contributed by atoms with Gasteiger partial charge >= 0.3 is 0 Å². The van der Waals surface area contributed by atoms with Crippen LogP contribution in [0.25, 0.3) is 0 Å². The van der Waals surface area contributed by atoms with Crippen LogP contribution in [0.2, 0.25) is 0 Å². The maximum Gasteiger partial charge on any atom is 0.254 e. The molecule has 2 N–H and O–H groups in total. The van der Waals surface area contributed by atoms with Gasteiger partial charge in [-0.05, 0) is 24.1 Å². The van der Waals surface area contributed by atoms with Gasteiger partial charge in [-0.1, -0.05) is 30.3 Å². The van der Waals surface area contributed by atoms with Gasteiger partial charge in [-0.2, -0.15) is 0 Å². The summed E-state index contributed by atoms with van der Waals surface area (Å²) in [5.74, 6) is 0.939. The first-order valence-electron chi connectivity index (χ1n) is 9.62. The molecule has 1 atom stereocenters. The van der Waals surface area contributed by atoms with E-state index in [-0.39, 0.29) is 11.8 Å². The van der Waals surface area contributed by atoms with E-state index in [1.165, 1.54) is 0 Å². The van der Waals surface area contributed by atoms with Crippen molar-refractivity contribution in [1.82, 2.24) is 9.80 Å². The molecule has 0 aromatic heterocycles. The highest BCUT2D eigenvalue weighted by atomic mass is 16.5. The largest absolute Gasteiger partial charge is 0.497 e. The van der Waals surface area contributed by atoms with E-state index in [1.54, 1.807) is 42.2 Å². The molecule has 0 saturated carbocycles. The third-order valence-electron chi connectivity index (χ3n) is 5.09. The zero-order valence-electron chi connectivity index (χ0n) is 16.8. The van der Waals surface area contributed by atoms with E-state index in [2.05, 4.69) is 0 Å². The summed E-state index contributed by atoms with van der Waals surface area (Å²) in [6.07, 6.45) is 0.502. The Kier molecular flexibility index (Phi) is 6.72. The first-order valence-corrected chi connectivity index (χ1v) is 9.62. The molecule has 1 aliphatic rings. The van der Waals surface area contributed by atoms with Crippen molar-refractivity contribution in [2.75, 3.05) is 40.4 Å². The molecule has 3 rings (SSSR count). The molecule has 7 heteroatoms. The SMILES string of the molecule is COc1cc(OC)cc(C(=O)N2CCN(C(=O)C(N)Cc3ccccc3)CC2)c1. The summed E-state index contributed by atoms with van der Waals surface area (Å²) in [6, 6.07) is 14.3. The second-order valence-electron chi connectivity index (χ2n) is 7.02. The maximum absolute atomic E-state index is 12.9. The van der Waals surface area contributed by atoms with Crippen molar-refractivity contribution in [3.8, 4) is 11.5 Å². The summed E-state index contributed by atoms with van der Waals surface area (Å²) < 4.78 is 10.5. The lowest BCUT2D eigenvalue weighted by Gasteiger charge is -2.36. The minimum Gasteiger partial charge on any atom is -0.497 e. The van der Waals surface area contributed by atoms with Crippen molar-refractivity contribution in [3.05, 3.63) is 59.7 Å². The van der Waals surface area contributed by atoms with Crippen molar-refractivity contribution in [2.24, 2.45) is 5.73 Å². The summed E-state index contributed by atoms with van der Waals surface area (Å²) in [4.78, 5) is 29.0. The fourth-order valence-electron chi connectivity index (χ4n) is 3.43. The van der Waals surface area contributed by atoms with Crippen LogP contribution in [0.1, 0.15) is 15.9 Å². The van der Waals surface area contributed by atoms with Crippen molar-refractivity contribution < 1.29 is 19.1 Å². The average Bonchev–Trinajstić information content (AvgIpc) is 2.78. The molecule has 1 fully saturated rings. The molecule has 0 radical (unpaired) electrons. The predicted molar refractivity (Wildman–Crippen MR) is 110 cm³/mol. The van der Waals surface area contributed by atoms with Gasteiger partial charge in [0.05, 0.1) is 20.3 Å². The summed E-state index contributed by atoms with van der Waals surface area (Å²) in [5, 5.41) is 0. The second-order valence-corrected chi connectivity index (χ2v) is 7.02. The van der Waals surface area contributed by atoms with Crippen molar-refractivity contribution >= 4 is 11.8 Å². The van der Waals surface area contributed by atoms with Crippen LogP contribution in [0.4, 0.5) is 0 Å². The van der Waals surface area contributed by atoms with Crippen LogP contribution in [-0.4, -0.2) is 68.1 Å². The number of methoxy groups -OCH3 is 2. The van der Waals surface area contributed by atoms with Crippen LogP contribution >= 0.6 is 0 Å². The minimum absolute atomic E-state index is 0.0796. The third kappa shape index (κ3) is 5.06. The van der Waals surface area contributed by atoms with Gasteiger partial charge in [0.15, 0.2) is 0 Å². The quantitative estimate of drug-likeness (QED) is 0.800. The van der Waals surface area contributed by atoms with E-state index in [1.807, 2.05) is 30.3 Å². The monoisotopic (exact) mass is 397 g/mol. The third-order valence-corrected chi connectivity index (χ3v) is 5.09. The van der Waals surface area contributed by atoms with Gasteiger partial charge in [-0.3, -0.25) is 9.59 Å². The topological polar surface area (TPSA) is 85.1 Å². The van der Waals surface area contributed by atoms with Crippen LogP contribution < -0.4 is 15.2 Å². The normalized spacial score (nSPS) is 15.0. The Morgan fingerprint density at radius 1 is 0.931 bits per heavy atom. The summed E-state index contributed by atoms with van der Waals surface area (Å²) in [5.41, 5.74) is 7.67. The van der Waals surface area contributed by atoms with Gasteiger partial charge in [0.1, 0.15) is 11.5 Å². The van der Waals surface area contributed by atoms with Crippen LogP contribution in [0.3, 0.4) is 0 Å². The molecule has 1 heterocycles. The summed E-state index contributed by atoms with van der Waals surface area (Å²) in [7, 11) is 3.10. The smallest absolute Gasteiger partial charge is 0.254 e. The predicted octanol–water partition coefficient (Wildman–Crippen LogP) is 1.56. The molecule has 7 nitrogen and oxygen atoms in total. The van der Waals surface area contributed by atoms with E-state index in [9.17, 15) is 9.59 Å². The molecule has 2 amide bonds.